The summed E-state index contributed by atoms with van der Waals surface area (Å²) < 4.78 is 5.52. The molecule has 21 heavy (non-hydrogen) atoms. The van der Waals surface area contributed by atoms with Crippen LogP contribution < -0.4 is 10.2 Å². The number of aryl methyl sites for hydroxylation is 1. The van der Waals surface area contributed by atoms with Gasteiger partial charge in [-0.2, -0.15) is 5.10 Å². The van der Waals surface area contributed by atoms with Crippen LogP contribution in [-0.2, 0) is 4.79 Å². The van der Waals surface area contributed by atoms with E-state index in [1.54, 1.807) is 11.3 Å². The lowest BCUT2D eigenvalue weighted by Crippen LogP contribution is -2.25. The molecular formula is C16H18N2O2S. The van der Waals surface area contributed by atoms with E-state index in [1.165, 1.54) is 0 Å². The summed E-state index contributed by atoms with van der Waals surface area (Å²) >= 11 is 1.58. The Hall–Kier alpha value is -2.14. The lowest BCUT2D eigenvalue weighted by Gasteiger charge is -2.09. The first kappa shape index (κ1) is 15.3. The van der Waals surface area contributed by atoms with Crippen LogP contribution in [0.25, 0.3) is 0 Å². The van der Waals surface area contributed by atoms with Gasteiger partial charge in [-0.15, -0.1) is 11.3 Å². The summed E-state index contributed by atoms with van der Waals surface area (Å²) in [6.07, 6.45) is 0. The molecule has 0 atom stereocenters. The standard InChI is InChI=1S/C16H18N2O2S/c1-11-6-4-7-14(12(11)2)20-10-16(19)18-17-13(3)15-8-5-9-21-15/h4-9H,10H2,1-3H3,(H,18,19)/b17-13+. The summed E-state index contributed by atoms with van der Waals surface area (Å²) in [5.41, 5.74) is 5.47. The fourth-order valence-electron chi connectivity index (χ4n) is 1.74. The molecule has 1 amide bonds. The van der Waals surface area contributed by atoms with E-state index in [0.717, 1.165) is 27.5 Å². The molecular weight excluding hydrogens is 284 g/mol. The molecule has 1 aromatic carbocycles. The van der Waals surface area contributed by atoms with Gasteiger partial charge in [-0.1, -0.05) is 18.2 Å². The first-order chi connectivity index (χ1) is 10.1. The molecule has 4 nitrogen and oxygen atoms in total. The Balaban J connectivity index is 1.88. The van der Waals surface area contributed by atoms with Crippen molar-refractivity contribution in [3.63, 3.8) is 0 Å². The second kappa shape index (κ2) is 7.04. The van der Waals surface area contributed by atoms with Gasteiger partial charge in [0.05, 0.1) is 5.71 Å². The minimum atomic E-state index is -0.271. The van der Waals surface area contributed by atoms with Crippen LogP contribution >= 0.6 is 11.3 Å². The highest BCUT2D eigenvalue weighted by atomic mass is 32.1. The highest BCUT2D eigenvalue weighted by Gasteiger charge is 2.06. The summed E-state index contributed by atoms with van der Waals surface area (Å²) in [7, 11) is 0. The van der Waals surface area contributed by atoms with Crippen molar-refractivity contribution < 1.29 is 9.53 Å². The molecule has 110 valence electrons. The number of thiophene rings is 1. The Morgan fingerprint density at radius 3 is 2.81 bits per heavy atom. The lowest BCUT2D eigenvalue weighted by atomic mass is 10.1. The third-order valence-electron chi connectivity index (χ3n) is 3.14. The van der Waals surface area contributed by atoms with E-state index < -0.39 is 0 Å². The zero-order chi connectivity index (χ0) is 15.2. The molecule has 1 N–H and O–H groups in total. The average molecular weight is 302 g/mol. The van der Waals surface area contributed by atoms with Crippen LogP contribution in [0.3, 0.4) is 0 Å². The van der Waals surface area contributed by atoms with Crippen molar-refractivity contribution >= 4 is 23.0 Å². The van der Waals surface area contributed by atoms with Crippen LogP contribution in [0.1, 0.15) is 22.9 Å². The van der Waals surface area contributed by atoms with E-state index in [9.17, 15) is 4.79 Å². The van der Waals surface area contributed by atoms with Gasteiger partial charge >= 0.3 is 0 Å². The van der Waals surface area contributed by atoms with Gasteiger partial charge in [0.15, 0.2) is 6.61 Å². The Kier molecular flexibility index (Phi) is 5.11. The van der Waals surface area contributed by atoms with Gasteiger partial charge in [0.25, 0.3) is 5.91 Å². The number of ether oxygens (including phenoxy) is 1. The molecule has 5 heteroatoms. The second-order valence-corrected chi connectivity index (χ2v) is 5.64. The fourth-order valence-corrected chi connectivity index (χ4v) is 2.42. The van der Waals surface area contributed by atoms with E-state index in [4.69, 9.17) is 4.74 Å². The predicted molar refractivity (Wildman–Crippen MR) is 86.1 cm³/mol. The SMILES string of the molecule is C/C(=N\NC(=O)COc1cccc(C)c1C)c1cccs1. The second-order valence-electron chi connectivity index (χ2n) is 4.70. The van der Waals surface area contributed by atoms with Crippen molar-refractivity contribution in [1.82, 2.24) is 5.43 Å². The molecule has 2 rings (SSSR count). The topological polar surface area (TPSA) is 50.7 Å². The molecule has 0 aliphatic rings. The Labute approximate surface area is 128 Å². The van der Waals surface area contributed by atoms with Crippen molar-refractivity contribution in [2.45, 2.75) is 20.8 Å². The third-order valence-corrected chi connectivity index (χ3v) is 4.12. The molecule has 0 bridgehead atoms. The normalized spacial score (nSPS) is 11.3. The first-order valence-corrected chi connectivity index (χ1v) is 7.52. The summed E-state index contributed by atoms with van der Waals surface area (Å²) in [4.78, 5) is 12.8. The van der Waals surface area contributed by atoms with Crippen LogP contribution in [0.4, 0.5) is 0 Å². The maximum absolute atomic E-state index is 11.7. The van der Waals surface area contributed by atoms with Gasteiger partial charge in [-0.3, -0.25) is 4.79 Å². The Morgan fingerprint density at radius 1 is 1.29 bits per heavy atom. The molecule has 0 radical (unpaired) electrons. The van der Waals surface area contributed by atoms with Gasteiger partial charge in [-0.05, 0) is 49.4 Å². The van der Waals surface area contributed by atoms with Gasteiger partial charge < -0.3 is 4.74 Å². The number of carbonyl (C=O) groups is 1. The summed E-state index contributed by atoms with van der Waals surface area (Å²) in [6.45, 7) is 5.79. The number of hydrogen-bond donors (Lipinski definition) is 1. The van der Waals surface area contributed by atoms with Crippen LogP contribution in [0.2, 0.25) is 0 Å². The molecule has 1 aromatic heterocycles. The molecule has 1 heterocycles. The molecule has 0 unspecified atom stereocenters. The number of nitrogens with zero attached hydrogens (tertiary/aromatic N) is 1. The Bertz CT molecular complexity index is 648. The van der Waals surface area contributed by atoms with Gasteiger partial charge in [-0.25, -0.2) is 5.43 Å². The maximum Gasteiger partial charge on any atom is 0.277 e. The summed E-state index contributed by atoms with van der Waals surface area (Å²) in [6, 6.07) is 9.69. The molecule has 0 aliphatic heterocycles. The van der Waals surface area contributed by atoms with Crippen LogP contribution in [0.15, 0.2) is 40.8 Å². The molecule has 2 aromatic rings. The highest BCUT2D eigenvalue weighted by molar-refractivity contribution is 7.12. The van der Waals surface area contributed by atoms with E-state index >= 15 is 0 Å². The fraction of sp³-hybridized carbons (Fsp3) is 0.250. The smallest absolute Gasteiger partial charge is 0.277 e. The van der Waals surface area contributed by atoms with E-state index in [2.05, 4.69) is 10.5 Å². The minimum absolute atomic E-state index is 0.0501. The van der Waals surface area contributed by atoms with Gasteiger partial charge in [0, 0.05) is 4.88 Å². The highest BCUT2D eigenvalue weighted by Crippen LogP contribution is 2.20. The van der Waals surface area contributed by atoms with Crippen LogP contribution in [-0.4, -0.2) is 18.2 Å². The molecule has 0 saturated carbocycles. The predicted octanol–water partition coefficient (Wildman–Crippen LogP) is 3.28. The van der Waals surface area contributed by atoms with Crippen molar-refractivity contribution in [1.29, 1.82) is 0 Å². The summed E-state index contributed by atoms with van der Waals surface area (Å²) in [5.74, 6) is 0.455. The van der Waals surface area contributed by atoms with E-state index in [0.29, 0.717) is 0 Å². The van der Waals surface area contributed by atoms with Crippen LogP contribution in [0.5, 0.6) is 5.75 Å². The number of carbonyl (C=O) groups excluding carboxylic acids is 1. The van der Waals surface area contributed by atoms with Crippen molar-refractivity contribution in [2.75, 3.05) is 6.61 Å². The third kappa shape index (κ3) is 4.16. The number of hydrazone groups is 1. The molecule has 0 aliphatic carbocycles. The average Bonchev–Trinajstić information content (AvgIpc) is 3.00. The Morgan fingerprint density at radius 2 is 2.10 bits per heavy atom. The van der Waals surface area contributed by atoms with Gasteiger partial charge in [0.2, 0.25) is 0 Å². The van der Waals surface area contributed by atoms with E-state index in [-0.39, 0.29) is 12.5 Å². The first-order valence-electron chi connectivity index (χ1n) is 6.64. The number of hydrogen-bond acceptors (Lipinski definition) is 4. The molecule has 0 fully saturated rings. The monoisotopic (exact) mass is 302 g/mol. The summed E-state index contributed by atoms with van der Waals surface area (Å²) in [5, 5.41) is 6.04. The molecule has 0 saturated heterocycles. The largest absolute Gasteiger partial charge is 0.483 e. The van der Waals surface area contributed by atoms with Crippen LogP contribution in [0, 0.1) is 13.8 Å². The number of rotatable bonds is 5. The van der Waals surface area contributed by atoms with Gasteiger partial charge in [0.1, 0.15) is 5.75 Å². The number of benzene rings is 1. The minimum Gasteiger partial charge on any atom is -0.483 e. The maximum atomic E-state index is 11.7. The van der Waals surface area contributed by atoms with Crippen molar-refractivity contribution in [3.05, 3.63) is 51.7 Å². The van der Waals surface area contributed by atoms with Crippen molar-refractivity contribution in [2.24, 2.45) is 5.10 Å². The number of amides is 1. The number of nitrogens with one attached hydrogen (secondary N) is 1. The van der Waals surface area contributed by atoms with E-state index in [1.807, 2.05) is 56.5 Å². The lowest BCUT2D eigenvalue weighted by molar-refractivity contribution is -0.123. The zero-order valence-corrected chi connectivity index (χ0v) is 13.2. The zero-order valence-electron chi connectivity index (χ0n) is 12.3. The molecule has 0 spiro atoms. The quantitative estimate of drug-likeness (QED) is 0.680. The van der Waals surface area contributed by atoms with Crippen molar-refractivity contribution in [3.8, 4) is 5.75 Å².